The molecule has 6 rings (SSSR count). The summed E-state index contributed by atoms with van der Waals surface area (Å²) in [4.78, 5) is 26.5. The standard InChI is InChI=1S/C19H25BrN4O/c20-19-11-14-8-15(12-19)10-18(9-14,13-19)16(25)23-4-6-24(7-5-23)17-21-2-1-3-22-17/h1-3,14-15H,4-13H2/t14-,15+,18?,19?. The van der Waals surface area contributed by atoms with Gasteiger partial charge in [0.1, 0.15) is 0 Å². The Balaban J connectivity index is 1.30. The second-order valence-electron chi connectivity index (χ2n) is 8.72. The summed E-state index contributed by atoms with van der Waals surface area (Å²) < 4.78 is 0.243. The van der Waals surface area contributed by atoms with Crippen molar-refractivity contribution in [3.63, 3.8) is 0 Å². The number of alkyl halides is 1. The Hall–Kier alpha value is -1.17. The number of piperazine rings is 1. The van der Waals surface area contributed by atoms with Gasteiger partial charge in [0.05, 0.1) is 5.41 Å². The first-order valence-electron chi connectivity index (χ1n) is 9.56. The number of amides is 1. The average Bonchev–Trinajstić information content (AvgIpc) is 2.60. The maximum atomic E-state index is 13.5. The third kappa shape index (κ3) is 2.68. The van der Waals surface area contributed by atoms with Crippen LogP contribution in [0.3, 0.4) is 0 Å². The molecule has 5 aliphatic rings. The molecule has 2 heterocycles. The Bertz CT molecular complexity index is 659. The van der Waals surface area contributed by atoms with Crippen LogP contribution in [0, 0.1) is 17.3 Å². The van der Waals surface area contributed by atoms with Gasteiger partial charge in [-0.2, -0.15) is 0 Å². The number of hydrogen-bond acceptors (Lipinski definition) is 4. The summed E-state index contributed by atoms with van der Waals surface area (Å²) in [6.45, 7) is 3.25. The van der Waals surface area contributed by atoms with E-state index in [2.05, 4.69) is 35.7 Å². The van der Waals surface area contributed by atoms with E-state index in [1.165, 1.54) is 19.3 Å². The van der Waals surface area contributed by atoms with Crippen LogP contribution in [0.2, 0.25) is 0 Å². The lowest BCUT2D eigenvalue weighted by molar-refractivity contribution is -0.155. The maximum Gasteiger partial charge on any atom is 0.228 e. The van der Waals surface area contributed by atoms with E-state index >= 15 is 0 Å². The second-order valence-corrected chi connectivity index (χ2v) is 10.4. The minimum atomic E-state index is -0.0843. The van der Waals surface area contributed by atoms with Gasteiger partial charge in [-0.05, 0) is 56.4 Å². The van der Waals surface area contributed by atoms with E-state index in [9.17, 15) is 4.79 Å². The molecule has 1 amide bonds. The van der Waals surface area contributed by atoms with E-state index in [-0.39, 0.29) is 9.74 Å². The average molecular weight is 405 g/mol. The molecule has 1 aromatic heterocycles. The van der Waals surface area contributed by atoms with Gasteiger partial charge >= 0.3 is 0 Å². The van der Waals surface area contributed by atoms with Gasteiger partial charge in [0.25, 0.3) is 0 Å². The molecule has 0 aromatic carbocycles. The zero-order valence-corrected chi connectivity index (χ0v) is 16.1. The van der Waals surface area contributed by atoms with Crippen molar-refractivity contribution in [1.29, 1.82) is 0 Å². The molecule has 1 saturated heterocycles. The minimum absolute atomic E-state index is 0.0843. The number of carbonyl (C=O) groups is 1. The fourth-order valence-electron chi connectivity index (χ4n) is 6.30. The van der Waals surface area contributed by atoms with Crippen LogP contribution in [0.4, 0.5) is 5.95 Å². The van der Waals surface area contributed by atoms with Gasteiger partial charge in [0.2, 0.25) is 11.9 Å². The van der Waals surface area contributed by atoms with E-state index in [0.29, 0.717) is 5.91 Å². The summed E-state index contributed by atoms with van der Waals surface area (Å²) in [5, 5.41) is 0. The van der Waals surface area contributed by atoms with Crippen LogP contribution in [0.1, 0.15) is 38.5 Å². The van der Waals surface area contributed by atoms with Crippen LogP contribution in [0.5, 0.6) is 0 Å². The van der Waals surface area contributed by atoms with Crippen LogP contribution in [0.25, 0.3) is 0 Å². The van der Waals surface area contributed by atoms with Gasteiger partial charge < -0.3 is 9.80 Å². The predicted molar refractivity (Wildman–Crippen MR) is 99.6 cm³/mol. The number of nitrogens with zero attached hydrogens (tertiary/aromatic N) is 4. The molecule has 1 aliphatic heterocycles. The summed E-state index contributed by atoms with van der Waals surface area (Å²) in [6, 6.07) is 1.84. The van der Waals surface area contributed by atoms with Crippen molar-refractivity contribution in [2.45, 2.75) is 42.8 Å². The Morgan fingerprint density at radius 1 is 1.04 bits per heavy atom. The molecule has 6 heteroatoms. The zero-order chi connectivity index (χ0) is 17.1. The van der Waals surface area contributed by atoms with E-state index in [1.54, 1.807) is 12.4 Å². The number of halogens is 1. The number of anilines is 1. The van der Waals surface area contributed by atoms with Gasteiger partial charge in [-0.25, -0.2) is 9.97 Å². The summed E-state index contributed by atoms with van der Waals surface area (Å²) in [6.07, 6.45) is 10.8. The monoisotopic (exact) mass is 404 g/mol. The normalized spacial score (nSPS) is 39.7. The highest BCUT2D eigenvalue weighted by molar-refractivity contribution is 9.10. The molecule has 0 radical (unpaired) electrons. The third-order valence-electron chi connectivity index (χ3n) is 6.85. The van der Waals surface area contributed by atoms with E-state index in [4.69, 9.17) is 0 Å². The van der Waals surface area contributed by atoms with Crippen molar-refractivity contribution in [3.8, 4) is 0 Å². The summed E-state index contributed by atoms with van der Waals surface area (Å²) in [5.74, 6) is 2.72. The molecular weight excluding hydrogens is 380 g/mol. The van der Waals surface area contributed by atoms with E-state index in [0.717, 1.165) is 63.2 Å². The highest BCUT2D eigenvalue weighted by Gasteiger charge is 2.60. The Morgan fingerprint density at radius 3 is 2.28 bits per heavy atom. The van der Waals surface area contributed by atoms with E-state index in [1.807, 2.05) is 6.07 Å². The summed E-state index contributed by atoms with van der Waals surface area (Å²) in [5.41, 5.74) is -0.0843. The number of carbonyl (C=O) groups excluding carboxylic acids is 1. The van der Waals surface area contributed by atoms with Crippen LogP contribution in [-0.4, -0.2) is 51.3 Å². The Kier molecular flexibility index (Phi) is 3.63. The summed E-state index contributed by atoms with van der Waals surface area (Å²) >= 11 is 4.03. The SMILES string of the molecule is O=C(N1CCN(c2ncccn2)CC1)C12C[C@@H]3C[C@@H](CC(Br)(C3)C1)C2. The molecule has 4 saturated carbocycles. The molecular formula is C19H25BrN4O. The molecule has 2 unspecified atom stereocenters. The lowest BCUT2D eigenvalue weighted by Crippen LogP contribution is -2.61. The number of aromatic nitrogens is 2. The highest BCUT2D eigenvalue weighted by atomic mass is 79.9. The molecule has 134 valence electrons. The summed E-state index contributed by atoms with van der Waals surface area (Å²) in [7, 11) is 0. The first kappa shape index (κ1) is 16.0. The molecule has 4 bridgehead atoms. The smallest absolute Gasteiger partial charge is 0.228 e. The predicted octanol–water partition coefficient (Wildman–Crippen LogP) is 2.86. The molecule has 0 N–H and O–H groups in total. The van der Waals surface area contributed by atoms with Crippen molar-refractivity contribution >= 4 is 27.8 Å². The van der Waals surface area contributed by atoms with Gasteiger partial charge in [0.15, 0.2) is 0 Å². The molecule has 0 spiro atoms. The van der Waals surface area contributed by atoms with Gasteiger partial charge in [-0.15, -0.1) is 0 Å². The molecule has 4 atom stereocenters. The van der Waals surface area contributed by atoms with Gasteiger partial charge in [-0.1, -0.05) is 15.9 Å². The second kappa shape index (κ2) is 5.66. The van der Waals surface area contributed by atoms with Gasteiger partial charge in [-0.3, -0.25) is 4.79 Å². The van der Waals surface area contributed by atoms with E-state index < -0.39 is 0 Å². The quantitative estimate of drug-likeness (QED) is 0.711. The first-order valence-corrected chi connectivity index (χ1v) is 10.3. The largest absolute Gasteiger partial charge is 0.339 e. The molecule has 5 nitrogen and oxygen atoms in total. The topological polar surface area (TPSA) is 49.3 Å². The molecule has 25 heavy (non-hydrogen) atoms. The lowest BCUT2D eigenvalue weighted by atomic mass is 9.49. The lowest BCUT2D eigenvalue weighted by Gasteiger charge is -2.60. The maximum absolute atomic E-state index is 13.5. The highest BCUT2D eigenvalue weighted by Crippen LogP contribution is 2.64. The molecule has 1 aromatic rings. The van der Waals surface area contributed by atoms with Gasteiger partial charge in [0, 0.05) is 42.9 Å². The van der Waals surface area contributed by atoms with Crippen molar-refractivity contribution in [2.24, 2.45) is 17.3 Å². The van der Waals surface area contributed by atoms with Crippen molar-refractivity contribution < 1.29 is 4.79 Å². The first-order chi connectivity index (χ1) is 12.1. The molecule has 5 fully saturated rings. The third-order valence-corrected chi connectivity index (χ3v) is 7.77. The Morgan fingerprint density at radius 2 is 1.68 bits per heavy atom. The Labute approximate surface area is 157 Å². The van der Waals surface area contributed by atoms with Crippen molar-refractivity contribution in [3.05, 3.63) is 18.5 Å². The van der Waals surface area contributed by atoms with Crippen molar-refractivity contribution in [2.75, 3.05) is 31.1 Å². The number of rotatable bonds is 2. The van der Waals surface area contributed by atoms with Crippen LogP contribution in [0.15, 0.2) is 18.5 Å². The fraction of sp³-hybridized carbons (Fsp3) is 0.737. The zero-order valence-electron chi connectivity index (χ0n) is 14.5. The fourth-order valence-corrected chi connectivity index (χ4v) is 7.75. The van der Waals surface area contributed by atoms with Crippen LogP contribution < -0.4 is 4.90 Å². The number of hydrogen-bond donors (Lipinski definition) is 0. The molecule has 4 aliphatic carbocycles. The minimum Gasteiger partial charge on any atom is -0.339 e. The van der Waals surface area contributed by atoms with Crippen LogP contribution in [-0.2, 0) is 4.79 Å². The van der Waals surface area contributed by atoms with Crippen molar-refractivity contribution in [1.82, 2.24) is 14.9 Å². The van der Waals surface area contributed by atoms with Crippen LogP contribution >= 0.6 is 15.9 Å².